The van der Waals surface area contributed by atoms with E-state index >= 15 is 0 Å². The zero-order chi connectivity index (χ0) is 15.3. The van der Waals surface area contributed by atoms with Gasteiger partial charge in [-0.15, -0.1) is 0 Å². The van der Waals surface area contributed by atoms with Crippen molar-refractivity contribution in [2.24, 2.45) is 0 Å². The second kappa shape index (κ2) is 6.75. The van der Waals surface area contributed by atoms with Gasteiger partial charge in [0.2, 0.25) is 5.60 Å². The van der Waals surface area contributed by atoms with Gasteiger partial charge in [-0.05, 0) is 38.9 Å². The van der Waals surface area contributed by atoms with E-state index in [1.165, 1.54) is 6.92 Å². The molecule has 1 aliphatic heterocycles. The molecule has 0 spiro atoms. The molecule has 1 unspecified atom stereocenters. The third-order valence-electron chi connectivity index (χ3n) is 3.56. The van der Waals surface area contributed by atoms with E-state index in [0.29, 0.717) is 0 Å². The summed E-state index contributed by atoms with van der Waals surface area (Å²) in [5, 5.41) is 10.2. The van der Waals surface area contributed by atoms with Gasteiger partial charge < -0.3 is 14.7 Å². The maximum absolute atomic E-state index is 12.0. The van der Waals surface area contributed by atoms with Crippen LogP contribution in [0.15, 0.2) is 30.3 Å². The Morgan fingerprint density at radius 3 is 2.57 bits per heavy atom. The van der Waals surface area contributed by atoms with E-state index in [1.807, 2.05) is 37.4 Å². The lowest BCUT2D eigenvalue weighted by Crippen LogP contribution is -2.41. The van der Waals surface area contributed by atoms with E-state index in [1.54, 1.807) is 0 Å². The fourth-order valence-corrected chi connectivity index (χ4v) is 2.14. The molecule has 0 aliphatic carbocycles. The van der Waals surface area contributed by atoms with Crippen molar-refractivity contribution in [3.05, 3.63) is 35.9 Å². The van der Waals surface area contributed by atoms with Crippen LogP contribution in [0.4, 0.5) is 0 Å². The Kier molecular flexibility index (Phi) is 5.00. The van der Waals surface area contributed by atoms with Gasteiger partial charge in [0.05, 0.1) is 0 Å². The fourth-order valence-electron chi connectivity index (χ4n) is 2.14. The third kappa shape index (κ3) is 4.59. The number of nitrogens with zero attached hydrogens (tertiary/aromatic N) is 1. The summed E-state index contributed by atoms with van der Waals surface area (Å²) in [4.78, 5) is 14.2. The van der Waals surface area contributed by atoms with Gasteiger partial charge in [-0.2, -0.15) is 0 Å². The summed E-state index contributed by atoms with van der Waals surface area (Å²) < 4.78 is 5.37. The number of piperidine rings is 1. The number of esters is 1. The molecule has 4 heteroatoms. The van der Waals surface area contributed by atoms with E-state index in [-0.39, 0.29) is 6.10 Å². The minimum absolute atomic E-state index is 0.126. The van der Waals surface area contributed by atoms with E-state index in [4.69, 9.17) is 4.74 Å². The predicted octanol–water partition coefficient (Wildman–Crippen LogP) is 1.43. The summed E-state index contributed by atoms with van der Waals surface area (Å²) >= 11 is 0. The summed E-state index contributed by atoms with van der Waals surface area (Å²) in [6.07, 6.45) is 1.47. The van der Waals surface area contributed by atoms with E-state index in [0.717, 1.165) is 31.5 Å². The van der Waals surface area contributed by atoms with Crippen LogP contribution in [0.25, 0.3) is 0 Å². The summed E-state index contributed by atoms with van der Waals surface area (Å²) in [6, 6.07) is 9.25. The second-order valence-electron chi connectivity index (χ2n) is 5.60. The van der Waals surface area contributed by atoms with Crippen LogP contribution in [0.1, 0.15) is 25.3 Å². The van der Waals surface area contributed by atoms with Gasteiger partial charge in [0.25, 0.3) is 0 Å². The van der Waals surface area contributed by atoms with Crippen molar-refractivity contribution in [1.82, 2.24) is 4.90 Å². The smallest absolute Gasteiger partial charge is 0.350 e. The van der Waals surface area contributed by atoms with Gasteiger partial charge in [0.1, 0.15) is 6.10 Å². The number of rotatable bonds is 2. The standard InChI is InChI=1S/C17H21NO3/c1-17(20,11-8-14-6-4-3-5-7-14)16(19)21-15-9-12-18(2)13-10-15/h3-7,15,20H,9-10,12-13H2,1-2H3. The van der Waals surface area contributed by atoms with Gasteiger partial charge in [0, 0.05) is 18.7 Å². The summed E-state index contributed by atoms with van der Waals surface area (Å²) in [6.45, 7) is 3.17. The Bertz CT molecular complexity index is 534. The van der Waals surface area contributed by atoms with Crippen LogP contribution in [0.2, 0.25) is 0 Å². The third-order valence-corrected chi connectivity index (χ3v) is 3.56. The van der Waals surface area contributed by atoms with Crippen molar-refractivity contribution in [2.45, 2.75) is 31.5 Å². The summed E-state index contributed by atoms with van der Waals surface area (Å²) in [5.74, 6) is 4.73. The zero-order valence-electron chi connectivity index (χ0n) is 12.5. The molecular formula is C17H21NO3. The Labute approximate surface area is 125 Å². The Balaban J connectivity index is 1.96. The van der Waals surface area contributed by atoms with Crippen molar-refractivity contribution in [1.29, 1.82) is 0 Å². The van der Waals surface area contributed by atoms with Crippen LogP contribution in [0.3, 0.4) is 0 Å². The molecule has 0 amide bonds. The summed E-state index contributed by atoms with van der Waals surface area (Å²) in [7, 11) is 2.04. The molecule has 1 aromatic rings. The molecule has 21 heavy (non-hydrogen) atoms. The lowest BCUT2D eigenvalue weighted by molar-refractivity contribution is -0.165. The molecule has 112 valence electrons. The molecule has 4 nitrogen and oxygen atoms in total. The highest BCUT2D eigenvalue weighted by Gasteiger charge is 2.33. The normalized spacial score (nSPS) is 19.2. The van der Waals surface area contributed by atoms with Crippen molar-refractivity contribution >= 4 is 5.97 Å². The molecule has 1 heterocycles. The fraction of sp³-hybridized carbons (Fsp3) is 0.471. The van der Waals surface area contributed by atoms with Crippen LogP contribution < -0.4 is 0 Å². The number of benzene rings is 1. The van der Waals surface area contributed by atoms with E-state index in [2.05, 4.69) is 16.7 Å². The molecule has 1 atom stereocenters. The minimum atomic E-state index is -1.78. The van der Waals surface area contributed by atoms with Gasteiger partial charge in [-0.25, -0.2) is 4.79 Å². The first kappa shape index (κ1) is 15.6. The SMILES string of the molecule is CN1CCC(OC(=O)C(C)(O)C#Cc2ccccc2)CC1. The number of likely N-dealkylation sites (tertiary alicyclic amines) is 1. The maximum Gasteiger partial charge on any atom is 0.350 e. The predicted molar refractivity (Wildman–Crippen MR) is 80.6 cm³/mol. The molecule has 1 N–H and O–H groups in total. The second-order valence-corrected chi connectivity index (χ2v) is 5.60. The molecule has 1 aliphatic rings. The molecule has 0 saturated carbocycles. The van der Waals surface area contributed by atoms with Crippen molar-refractivity contribution in [3.63, 3.8) is 0 Å². The van der Waals surface area contributed by atoms with Gasteiger partial charge >= 0.3 is 5.97 Å². The largest absolute Gasteiger partial charge is 0.459 e. The van der Waals surface area contributed by atoms with Crippen LogP contribution in [0, 0.1) is 11.8 Å². The topological polar surface area (TPSA) is 49.8 Å². The van der Waals surface area contributed by atoms with Gasteiger partial charge in [-0.1, -0.05) is 30.0 Å². The molecule has 1 fully saturated rings. The lowest BCUT2D eigenvalue weighted by Gasteiger charge is -2.30. The van der Waals surface area contributed by atoms with Crippen molar-refractivity contribution < 1.29 is 14.6 Å². The Hall–Kier alpha value is -1.83. The molecular weight excluding hydrogens is 266 g/mol. The molecule has 0 bridgehead atoms. The number of aliphatic hydroxyl groups is 1. The maximum atomic E-state index is 12.0. The van der Waals surface area contributed by atoms with Crippen LogP contribution in [-0.4, -0.2) is 47.8 Å². The highest BCUT2D eigenvalue weighted by molar-refractivity contribution is 5.83. The van der Waals surface area contributed by atoms with Crippen molar-refractivity contribution in [2.75, 3.05) is 20.1 Å². The van der Waals surface area contributed by atoms with Crippen LogP contribution >= 0.6 is 0 Å². The first-order valence-corrected chi connectivity index (χ1v) is 7.17. The highest BCUT2D eigenvalue weighted by atomic mass is 16.6. The molecule has 1 aromatic carbocycles. The Morgan fingerprint density at radius 2 is 1.95 bits per heavy atom. The average molecular weight is 287 g/mol. The first-order valence-electron chi connectivity index (χ1n) is 7.17. The minimum Gasteiger partial charge on any atom is -0.459 e. The monoisotopic (exact) mass is 287 g/mol. The van der Waals surface area contributed by atoms with Crippen LogP contribution in [-0.2, 0) is 9.53 Å². The number of hydrogen-bond donors (Lipinski definition) is 1. The summed E-state index contributed by atoms with van der Waals surface area (Å²) in [5.41, 5.74) is -1.02. The number of carbonyl (C=O) groups excluding carboxylic acids is 1. The number of hydrogen-bond acceptors (Lipinski definition) is 4. The van der Waals surface area contributed by atoms with E-state index < -0.39 is 11.6 Å². The molecule has 0 radical (unpaired) electrons. The van der Waals surface area contributed by atoms with Crippen LogP contribution in [0.5, 0.6) is 0 Å². The number of carbonyl (C=O) groups is 1. The molecule has 1 saturated heterocycles. The van der Waals surface area contributed by atoms with Gasteiger partial charge in [0.15, 0.2) is 0 Å². The molecule has 2 rings (SSSR count). The first-order chi connectivity index (χ1) is 9.97. The average Bonchev–Trinajstić information content (AvgIpc) is 2.48. The Morgan fingerprint density at radius 1 is 1.33 bits per heavy atom. The van der Waals surface area contributed by atoms with Gasteiger partial charge in [-0.3, -0.25) is 0 Å². The quantitative estimate of drug-likeness (QED) is 0.660. The zero-order valence-corrected chi connectivity index (χ0v) is 12.5. The lowest BCUT2D eigenvalue weighted by atomic mass is 10.1. The van der Waals surface area contributed by atoms with Crippen molar-refractivity contribution in [3.8, 4) is 11.8 Å². The highest BCUT2D eigenvalue weighted by Crippen LogP contribution is 2.15. The molecule has 0 aromatic heterocycles. The number of ether oxygens (including phenoxy) is 1. The van der Waals surface area contributed by atoms with E-state index in [9.17, 15) is 9.90 Å².